The number of hydrogen-bond acceptors (Lipinski definition) is 4. The van der Waals surface area contributed by atoms with Crippen LogP contribution in [-0.4, -0.2) is 8.42 Å². The summed E-state index contributed by atoms with van der Waals surface area (Å²) in [6.07, 6.45) is 1.31. The highest BCUT2D eigenvalue weighted by atomic mass is 35.7. The lowest BCUT2D eigenvalue weighted by atomic mass is 10.3. The van der Waals surface area contributed by atoms with Gasteiger partial charge in [0.2, 0.25) is 5.09 Å². The Morgan fingerprint density at radius 1 is 1.36 bits per heavy atom. The Kier molecular flexibility index (Phi) is 2.38. The number of halogens is 1. The van der Waals surface area contributed by atoms with Gasteiger partial charge in [-0.05, 0) is 17.5 Å². The zero-order valence-electron chi connectivity index (χ0n) is 6.81. The van der Waals surface area contributed by atoms with Crippen LogP contribution >= 0.6 is 22.0 Å². The van der Waals surface area contributed by atoms with Crippen molar-refractivity contribution in [2.45, 2.75) is 5.09 Å². The van der Waals surface area contributed by atoms with Gasteiger partial charge in [0.25, 0.3) is 9.05 Å². The maximum absolute atomic E-state index is 11.1. The smallest absolute Gasteiger partial charge is 0.295 e. The zero-order valence-corrected chi connectivity index (χ0v) is 9.19. The number of rotatable bonds is 2. The van der Waals surface area contributed by atoms with Gasteiger partial charge < -0.3 is 4.42 Å². The quantitative estimate of drug-likeness (QED) is 0.768. The Hall–Kier alpha value is -0.780. The first-order valence-electron chi connectivity index (χ1n) is 3.65. The second-order valence-corrected chi connectivity index (χ2v) is 5.95. The summed E-state index contributed by atoms with van der Waals surface area (Å²) in [5, 5.41) is 1.66. The van der Waals surface area contributed by atoms with E-state index in [1.165, 1.54) is 17.6 Å². The summed E-state index contributed by atoms with van der Waals surface area (Å²) >= 11 is 1.43. The van der Waals surface area contributed by atoms with E-state index in [1.54, 1.807) is 12.1 Å². The maximum Gasteiger partial charge on any atom is 0.295 e. The van der Waals surface area contributed by atoms with Gasteiger partial charge in [-0.1, -0.05) is 6.07 Å². The fraction of sp³-hybridized carbons (Fsp3) is 0. The fourth-order valence-electron chi connectivity index (χ4n) is 1.10. The van der Waals surface area contributed by atoms with Crippen LogP contribution in [0.1, 0.15) is 0 Å². The van der Waals surface area contributed by atoms with Crippen LogP contribution in [0.15, 0.2) is 39.4 Å². The molecule has 2 rings (SSSR count). The van der Waals surface area contributed by atoms with E-state index < -0.39 is 9.05 Å². The molecule has 0 atom stereocenters. The molecule has 0 amide bonds. The first kappa shape index (κ1) is 9.76. The second-order valence-electron chi connectivity index (χ2n) is 2.54. The highest BCUT2D eigenvalue weighted by molar-refractivity contribution is 8.13. The van der Waals surface area contributed by atoms with Crippen LogP contribution in [0.5, 0.6) is 0 Å². The zero-order chi connectivity index (χ0) is 10.2. The molecule has 0 spiro atoms. The van der Waals surface area contributed by atoms with Gasteiger partial charge >= 0.3 is 0 Å². The van der Waals surface area contributed by atoms with Crippen LogP contribution in [0, 0.1) is 0 Å². The minimum Gasteiger partial charge on any atom is -0.451 e. The number of thiophene rings is 1. The van der Waals surface area contributed by atoms with E-state index in [2.05, 4.69) is 0 Å². The van der Waals surface area contributed by atoms with E-state index in [4.69, 9.17) is 15.1 Å². The molecule has 0 saturated heterocycles. The highest BCUT2D eigenvalue weighted by Gasteiger charge is 2.20. The van der Waals surface area contributed by atoms with E-state index in [0.717, 1.165) is 4.88 Å². The molecule has 3 nitrogen and oxygen atoms in total. The molecule has 2 aromatic heterocycles. The molecule has 0 bridgehead atoms. The Morgan fingerprint density at radius 2 is 2.14 bits per heavy atom. The van der Waals surface area contributed by atoms with Crippen molar-refractivity contribution >= 4 is 31.1 Å². The molecule has 0 aliphatic heterocycles. The lowest BCUT2D eigenvalue weighted by molar-refractivity contribution is 0.457. The molecule has 0 radical (unpaired) electrons. The van der Waals surface area contributed by atoms with Crippen LogP contribution < -0.4 is 0 Å². The molecule has 0 N–H and O–H groups in total. The minimum atomic E-state index is -3.80. The van der Waals surface area contributed by atoms with Crippen LogP contribution in [0.4, 0.5) is 0 Å². The van der Waals surface area contributed by atoms with E-state index in [0.29, 0.717) is 5.56 Å². The predicted octanol–water partition coefficient (Wildman–Crippen LogP) is 2.94. The van der Waals surface area contributed by atoms with Gasteiger partial charge in [0.1, 0.15) is 0 Å². The minimum absolute atomic E-state index is 0.193. The van der Waals surface area contributed by atoms with Crippen molar-refractivity contribution in [3.05, 3.63) is 29.8 Å². The molecule has 0 saturated carbocycles. The lowest BCUT2D eigenvalue weighted by Crippen LogP contribution is -1.89. The van der Waals surface area contributed by atoms with Crippen molar-refractivity contribution in [1.82, 2.24) is 0 Å². The first-order valence-corrected chi connectivity index (χ1v) is 6.84. The molecular weight excluding hydrogens is 244 g/mol. The molecule has 0 aliphatic carbocycles. The Morgan fingerprint density at radius 3 is 2.71 bits per heavy atom. The van der Waals surface area contributed by atoms with Crippen LogP contribution in [0.25, 0.3) is 10.4 Å². The predicted molar refractivity (Wildman–Crippen MR) is 55.1 cm³/mol. The molecule has 14 heavy (non-hydrogen) atoms. The average molecular weight is 249 g/mol. The molecular formula is C8H5ClO3S2. The molecule has 2 aromatic rings. The van der Waals surface area contributed by atoms with Crippen molar-refractivity contribution in [3.63, 3.8) is 0 Å². The summed E-state index contributed by atoms with van der Waals surface area (Å²) in [5.74, 6) is 0. The highest BCUT2D eigenvalue weighted by Crippen LogP contribution is 2.33. The third-order valence-corrected chi connectivity index (χ3v) is 3.72. The molecule has 0 fully saturated rings. The lowest BCUT2D eigenvalue weighted by Gasteiger charge is -1.94. The van der Waals surface area contributed by atoms with Crippen molar-refractivity contribution in [2.24, 2.45) is 0 Å². The van der Waals surface area contributed by atoms with Gasteiger partial charge in [0, 0.05) is 15.6 Å². The van der Waals surface area contributed by atoms with E-state index in [9.17, 15) is 8.42 Å². The van der Waals surface area contributed by atoms with E-state index in [-0.39, 0.29) is 5.09 Å². The van der Waals surface area contributed by atoms with Crippen molar-refractivity contribution in [2.75, 3.05) is 0 Å². The Labute approximate surface area is 89.4 Å². The van der Waals surface area contributed by atoms with Gasteiger partial charge in [0.05, 0.1) is 11.8 Å². The van der Waals surface area contributed by atoms with Gasteiger partial charge in [-0.3, -0.25) is 0 Å². The topological polar surface area (TPSA) is 47.3 Å². The summed E-state index contributed by atoms with van der Waals surface area (Å²) in [5.41, 5.74) is 0.509. The molecule has 0 aromatic carbocycles. The first-order chi connectivity index (χ1) is 6.59. The monoisotopic (exact) mass is 248 g/mol. The third-order valence-electron chi connectivity index (χ3n) is 1.64. The summed E-state index contributed by atoms with van der Waals surface area (Å²) < 4.78 is 27.0. The fourth-order valence-corrected chi connectivity index (χ4v) is 2.88. The largest absolute Gasteiger partial charge is 0.451 e. The number of hydrogen-bond donors (Lipinski definition) is 0. The Bertz CT molecular complexity index is 525. The van der Waals surface area contributed by atoms with Gasteiger partial charge in [-0.25, -0.2) is 8.42 Å². The molecule has 0 unspecified atom stereocenters. The average Bonchev–Trinajstić information content (AvgIpc) is 2.73. The van der Waals surface area contributed by atoms with Crippen LogP contribution in [0.3, 0.4) is 0 Å². The molecule has 2 heterocycles. The maximum atomic E-state index is 11.1. The molecule has 74 valence electrons. The van der Waals surface area contributed by atoms with Crippen LogP contribution in [0.2, 0.25) is 0 Å². The SMILES string of the molecule is O=S(=O)(Cl)c1occc1-c1cccs1. The number of furan rings is 1. The van der Waals surface area contributed by atoms with Crippen LogP contribution in [-0.2, 0) is 9.05 Å². The molecule has 0 aliphatic rings. The summed E-state index contributed by atoms with van der Waals surface area (Å²) in [7, 11) is 1.40. The summed E-state index contributed by atoms with van der Waals surface area (Å²) in [6.45, 7) is 0. The van der Waals surface area contributed by atoms with Gasteiger partial charge in [0.15, 0.2) is 0 Å². The summed E-state index contributed by atoms with van der Waals surface area (Å²) in [6, 6.07) is 5.22. The van der Waals surface area contributed by atoms with E-state index >= 15 is 0 Å². The van der Waals surface area contributed by atoms with Crippen molar-refractivity contribution in [3.8, 4) is 10.4 Å². The standard InChI is InChI=1S/C8H5ClO3S2/c9-14(10,11)8-6(3-4-12-8)7-2-1-5-13-7/h1-5H. The van der Waals surface area contributed by atoms with Crippen molar-refractivity contribution in [1.29, 1.82) is 0 Å². The van der Waals surface area contributed by atoms with Gasteiger partial charge in [-0.15, -0.1) is 11.3 Å². The Balaban J connectivity index is 2.62. The van der Waals surface area contributed by atoms with E-state index in [1.807, 2.05) is 11.4 Å². The third kappa shape index (κ3) is 1.70. The summed E-state index contributed by atoms with van der Waals surface area (Å²) in [4.78, 5) is 0.818. The normalized spacial score (nSPS) is 11.8. The second kappa shape index (κ2) is 3.42. The van der Waals surface area contributed by atoms with Crippen molar-refractivity contribution < 1.29 is 12.8 Å². The van der Waals surface area contributed by atoms with Gasteiger partial charge in [-0.2, -0.15) is 0 Å². The molecule has 6 heteroatoms.